The molecule has 28 heavy (non-hydrogen) atoms. The fourth-order valence-electron chi connectivity index (χ4n) is 2.91. The summed E-state index contributed by atoms with van der Waals surface area (Å²) >= 11 is 0. The highest BCUT2D eigenvalue weighted by Gasteiger charge is 2.36. The number of hydrogen-bond acceptors (Lipinski definition) is 6. The summed E-state index contributed by atoms with van der Waals surface area (Å²) in [6.07, 6.45) is 1.31. The molecule has 1 heterocycles. The van der Waals surface area contributed by atoms with E-state index in [1.165, 1.54) is 6.20 Å². The van der Waals surface area contributed by atoms with E-state index in [1.54, 1.807) is 24.3 Å². The van der Waals surface area contributed by atoms with E-state index < -0.39 is 23.6 Å². The number of esters is 1. The molecule has 0 aliphatic rings. The van der Waals surface area contributed by atoms with Crippen molar-refractivity contribution in [3.8, 4) is 0 Å². The lowest BCUT2D eigenvalue weighted by molar-refractivity contribution is -0.148. The number of amides is 1. The molecule has 3 aromatic rings. The summed E-state index contributed by atoms with van der Waals surface area (Å²) in [5, 5.41) is 2.60. The molecule has 7 heteroatoms. The normalized spacial score (nSPS) is 11.7. The van der Waals surface area contributed by atoms with Crippen molar-refractivity contribution in [1.29, 1.82) is 0 Å². The van der Waals surface area contributed by atoms with Gasteiger partial charge in [0.15, 0.2) is 5.92 Å². The van der Waals surface area contributed by atoms with Crippen molar-refractivity contribution in [3.63, 3.8) is 0 Å². The lowest BCUT2D eigenvalue weighted by Gasteiger charge is -2.15. The van der Waals surface area contributed by atoms with E-state index >= 15 is 0 Å². The number of aromatic nitrogens is 2. The van der Waals surface area contributed by atoms with Crippen LogP contribution in [0.15, 0.2) is 48.7 Å². The van der Waals surface area contributed by atoms with E-state index in [0.717, 1.165) is 18.2 Å². The Hall–Kier alpha value is -3.61. The molecule has 0 aliphatic heterocycles. The number of hydrogen-bond donors (Lipinski definition) is 1. The zero-order valence-electron chi connectivity index (χ0n) is 15.7. The number of methoxy groups -OCH3 is 1. The van der Waals surface area contributed by atoms with E-state index in [2.05, 4.69) is 15.3 Å². The largest absolute Gasteiger partial charge is 0.468 e. The van der Waals surface area contributed by atoms with Gasteiger partial charge in [-0.25, -0.2) is 4.98 Å². The Morgan fingerprint density at radius 2 is 1.61 bits per heavy atom. The Morgan fingerprint density at radius 3 is 2.25 bits per heavy atom. The molecule has 1 amide bonds. The van der Waals surface area contributed by atoms with Crippen LogP contribution in [-0.2, 0) is 19.1 Å². The monoisotopic (exact) mass is 377 g/mol. The van der Waals surface area contributed by atoms with Crippen LogP contribution >= 0.6 is 0 Å². The van der Waals surface area contributed by atoms with Crippen molar-refractivity contribution in [2.24, 2.45) is 0 Å². The Morgan fingerprint density at radius 1 is 0.964 bits per heavy atom. The average molecular weight is 377 g/mol. The number of Topliss-reactive ketones (excluding diaryl/α,β-unsaturated/α-hetero) is 1. The number of carbonyl (C=O) groups is 3. The minimum atomic E-state index is -1.49. The van der Waals surface area contributed by atoms with Gasteiger partial charge >= 0.3 is 5.97 Å². The average Bonchev–Trinajstić information content (AvgIpc) is 2.70. The van der Waals surface area contributed by atoms with Crippen LogP contribution in [0.5, 0.6) is 0 Å². The Labute approximate surface area is 161 Å². The smallest absolute Gasteiger partial charge is 0.323 e. The number of anilines is 1. The Kier molecular flexibility index (Phi) is 5.44. The SMILES string of the molecule is COC(=O)C(C(=O)C(=O)Nc1c(C)cccc1C)c1cnc2ccccc2n1. The summed E-state index contributed by atoms with van der Waals surface area (Å²) in [7, 11) is 1.15. The molecule has 0 aliphatic carbocycles. The fraction of sp³-hybridized carbons (Fsp3) is 0.190. The minimum Gasteiger partial charge on any atom is -0.468 e. The molecule has 7 nitrogen and oxygen atoms in total. The maximum Gasteiger partial charge on any atom is 0.323 e. The highest BCUT2D eigenvalue weighted by molar-refractivity contribution is 6.45. The first kappa shape index (κ1) is 19.2. The van der Waals surface area contributed by atoms with E-state index in [9.17, 15) is 14.4 Å². The van der Waals surface area contributed by atoms with Gasteiger partial charge in [0.1, 0.15) is 0 Å². The van der Waals surface area contributed by atoms with E-state index in [1.807, 2.05) is 32.0 Å². The summed E-state index contributed by atoms with van der Waals surface area (Å²) in [4.78, 5) is 46.3. The Balaban J connectivity index is 1.95. The second-order valence-electron chi connectivity index (χ2n) is 6.32. The highest BCUT2D eigenvalue weighted by Crippen LogP contribution is 2.22. The maximum absolute atomic E-state index is 12.8. The summed E-state index contributed by atoms with van der Waals surface area (Å²) in [5.41, 5.74) is 3.34. The van der Waals surface area contributed by atoms with Gasteiger partial charge in [-0.3, -0.25) is 19.4 Å². The lowest BCUT2D eigenvalue weighted by Crippen LogP contribution is -2.34. The van der Waals surface area contributed by atoms with Gasteiger partial charge in [-0.05, 0) is 37.1 Å². The van der Waals surface area contributed by atoms with Gasteiger partial charge in [0.05, 0.1) is 30.0 Å². The van der Waals surface area contributed by atoms with Crippen LogP contribution < -0.4 is 5.32 Å². The molecule has 0 spiro atoms. The first-order chi connectivity index (χ1) is 13.4. The van der Waals surface area contributed by atoms with Crippen molar-refractivity contribution in [2.75, 3.05) is 12.4 Å². The summed E-state index contributed by atoms with van der Waals surface area (Å²) in [6.45, 7) is 3.64. The molecule has 0 saturated carbocycles. The third-order valence-electron chi connectivity index (χ3n) is 4.41. The lowest BCUT2D eigenvalue weighted by atomic mass is 9.99. The molecule has 0 saturated heterocycles. The number of fused-ring (bicyclic) bond motifs is 1. The molecule has 1 aromatic heterocycles. The van der Waals surface area contributed by atoms with Gasteiger partial charge < -0.3 is 10.1 Å². The second-order valence-corrected chi connectivity index (χ2v) is 6.32. The number of ketones is 1. The van der Waals surface area contributed by atoms with Crippen LogP contribution in [0, 0.1) is 13.8 Å². The van der Waals surface area contributed by atoms with Gasteiger partial charge in [-0.15, -0.1) is 0 Å². The molecule has 1 unspecified atom stereocenters. The van der Waals surface area contributed by atoms with Crippen molar-refractivity contribution in [2.45, 2.75) is 19.8 Å². The molecule has 0 bridgehead atoms. The van der Waals surface area contributed by atoms with Crippen molar-refractivity contribution >= 4 is 34.4 Å². The zero-order valence-corrected chi connectivity index (χ0v) is 15.7. The van der Waals surface area contributed by atoms with Crippen LogP contribution in [0.25, 0.3) is 11.0 Å². The third-order valence-corrected chi connectivity index (χ3v) is 4.41. The number of carbonyl (C=O) groups excluding carboxylic acids is 3. The van der Waals surface area contributed by atoms with Gasteiger partial charge in [-0.1, -0.05) is 30.3 Å². The van der Waals surface area contributed by atoms with Crippen LogP contribution in [0.2, 0.25) is 0 Å². The highest BCUT2D eigenvalue weighted by atomic mass is 16.5. The predicted molar refractivity (Wildman–Crippen MR) is 104 cm³/mol. The third kappa shape index (κ3) is 3.73. The number of aryl methyl sites for hydroxylation is 2. The number of ether oxygens (including phenoxy) is 1. The quantitative estimate of drug-likeness (QED) is 0.417. The van der Waals surface area contributed by atoms with Gasteiger partial charge in [0, 0.05) is 5.69 Å². The van der Waals surface area contributed by atoms with E-state index in [0.29, 0.717) is 16.7 Å². The van der Waals surface area contributed by atoms with Gasteiger partial charge in [-0.2, -0.15) is 0 Å². The number of para-hydroxylation sites is 3. The minimum absolute atomic E-state index is 0.0622. The van der Waals surface area contributed by atoms with Crippen molar-refractivity contribution in [1.82, 2.24) is 9.97 Å². The summed E-state index contributed by atoms with van der Waals surface area (Å²) in [6, 6.07) is 12.5. The van der Waals surface area contributed by atoms with E-state index in [4.69, 9.17) is 4.74 Å². The summed E-state index contributed by atoms with van der Waals surface area (Å²) in [5.74, 6) is -4.24. The van der Waals surface area contributed by atoms with Crippen LogP contribution in [-0.4, -0.2) is 34.7 Å². The van der Waals surface area contributed by atoms with Crippen LogP contribution in [0.4, 0.5) is 5.69 Å². The van der Waals surface area contributed by atoms with Gasteiger partial charge in [0.2, 0.25) is 5.78 Å². The number of nitrogens with one attached hydrogen (secondary N) is 1. The van der Waals surface area contributed by atoms with Crippen LogP contribution in [0.1, 0.15) is 22.7 Å². The molecule has 0 fully saturated rings. The molecule has 3 rings (SSSR count). The molecule has 1 N–H and O–H groups in total. The van der Waals surface area contributed by atoms with Crippen molar-refractivity contribution in [3.05, 3.63) is 65.5 Å². The maximum atomic E-state index is 12.8. The molecular formula is C21H19N3O4. The Bertz CT molecular complexity index is 1060. The van der Waals surface area contributed by atoms with Crippen molar-refractivity contribution < 1.29 is 19.1 Å². The van der Waals surface area contributed by atoms with E-state index in [-0.39, 0.29) is 5.69 Å². The molecule has 142 valence electrons. The number of benzene rings is 2. The second kappa shape index (κ2) is 7.96. The first-order valence-corrected chi connectivity index (χ1v) is 8.63. The molecule has 2 aromatic carbocycles. The standard InChI is InChI=1S/C21H19N3O4/c1-12-7-6-8-13(2)18(12)24-20(26)19(25)17(21(27)28-3)16-11-22-14-9-4-5-10-15(14)23-16/h4-11,17H,1-3H3,(H,24,26). The molecule has 0 radical (unpaired) electrons. The number of rotatable bonds is 5. The topological polar surface area (TPSA) is 98.2 Å². The predicted octanol–water partition coefficient (Wildman–Crippen LogP) is 2.71. The number of nitrogens with zero attached hydrogens (tertiary/aromatic N) is 2. The fourth-order valence-corrected chi connectivity index (χ4v) is 2.91. The van der Waals surface area contributed by atoms with Crippen LogP contribution in [0.3, 0.4) is 0 Å². The summed E-state index contributed by atoms with van der Waals surface area (Å²) < 4.78 is 4.74. The van der Waals surface area contributed by atoms with Gasteiger partial charge in [0.25, 0.3) is 5.91 Å². The molecule has 1 atom stereocenters. The zero-order chi connectivity index (χ0) is 20.3. The molecular weight excluding hydrogens is 358 g/mol. The first-order valence-electron chi connectivity index (χ1n) is 8.63.